The predicted molar refractivity (Wildman–Crippen MR) is 45.2 cm³/mol. The zero-order chi connectivity index (χ0) is 8.28. The normalized spacial score (nSPS) is 53.5. The maximum absolute atomic E-state index is 10.0. The Morgan fingerprint density at radius 1 is 1.27 bits per heavy atom. The summed E-state index contributed by atoms with van der Waals surface area (Å²) < 4.78 is 0. The van der Waals surface area contributed by atoms with E-state index in [2.05, 4.69) is 13.8 Å². The molecule has 0 heterocycles. The molecule has 1 heteroatoms. The highest BCUT2D eigenvalue weighted by atomic mass is 16.3. The quantitative estimate of drug-likeness (QED) is 0.567. The Morgan fingerprint density at radius 3 is 2.18 bits per heavy atom. The lowest BCUT2D eigenvalue weighted by Crippen LogP contribution is -2.60. The molecule has 0 amide bonds. The molecular weight excluding hydrogens is 136 g/mol. The molecule has 0 radical (unpaired) electrons. The summed E-state index contributed by atoms with van der Waals surface area (Å²) in [4.78, 5) is 0. The van der Waals surface area contributed by atoms with Crippen molar-refractivity contribution in [3.63, 3.8) is 0 Å². The van der Waals surface area contributed by atoms with Gasteiger partial charge in [-0.15, -0.1) is 0 Å². The number of hydrogen-bond acceptors (Lipinski definition) is 1. The summed E-state index contributed by atoms with van der Waals surface area (Å²) in [6.07, 6.45) is 3.52. The Labute approximate surface area is 68.8 Å². The Balaban J connectivity index is 2.23. The molecule has 1 unspecified atom stereocenters. The van der Waals surface area contributed by atoms with Crippen LogP contribution >= 0.6 is 0 Å². The molecule has 1 nitrogen and oxygen atoms in total. The molecule has 1 N–H and O–H groups in total. The maximum atomic E-state index is 10.0. The molecule has 2 bridgehead atoms. The third kappa shape index (κ3) is 0.807. The average Bonchev–Trinajstić information content (AvgIpc) is 1.84. The molecule has 0 aliphatic heterocycles. The van der Waals surface area contributed by atoms with Gasteiger partial charge in [0.2, 0.25) is 0 Å². The lowest BCUT2D eigenvalue weighted by molar-refractivity contribution is -0.192. The fraction of sp³-hybridized carbons (Fsp3) is 1.00. The van der Waals surface area contributed by atoms with Crippen LogP contribution in [0.1, 0.15) is 40.0 Å². The molecule has 11 heavy (non-hydrogen) atoms. The van der Waals surface area contributed by atoms with E-state index in [1.807, 2.05) is 6.92 Å². The van der Waals surface area contributed by atoms with Gasteiger partial charge in [0, 0.05) is 0 Å². The molecule has 0 aromatic carbocycles. The summed E-state index contributed by atoms with van der Waals surface area (Å²) in [6.45, 7) is 6.62. The van der Waals surface area contributed by atoms with Crippen molar-refractivity contribution < 1.29 is 5.11 Å². The molecule has 3 aliphatic rings. The smallest absolute Gasteiger partial charge is 0.0653 e. The van der Waals surface area contributed by atoms with Gasteiger partial charge < -0.3 is 5.11 Å². The van der Waals surface area contributed by atoms with Crippen molar-refractivity contribution in [1.82, 2.24) is 0 Å². The summed E-state index contributed by atoms with van der Waals surface area (Å²) in [5, 5.41) is 10.0. The molecule has 64 valence electrons. The largest absolute Gasteiger partial charge is 0.390 e. The van der Waals surface area contributed by atoms with Gasteiger partial charge in [0.05, 0.1) is 5.60 Å². The highest BCUT2D eigenvalue weighted by Gasteiger charge is 2.58. The van der Waals surface area contributed by atoms with Crippen LogP contribution in [0.3, 0.4) is 0 Å². The van der Waals surface area contributed by atoms with Crippen LogP contribution in [0.25, 0.3) is 0 Å². The Kier molecular flexibility index (Phi) is 1.26. The second kappa shape index (κ2) is 1.82. The van der Waals surface area contributed by atoms with Crippen molar-refractivity contribution in [3.8, 4) is 0 Å². The summed E-state index contributed by atoms with van der Waals surface area (Å²) in [7, 11) is 0. The van der Waals surface area contributed by atoms with E-state index in [-0.39, 0.29) is 5.60 Å². The minimum atomic E-state index is -0.363. The third-order valence-electron chi connectivity index (χ3n) is 4.22. The maximum Gasteiger partial charge on any atom is 0.0653 e. The van der Waals surface area contributed by atoms with Crippen LogP contribution in [0.5, 0.6) is 0 Å². The molecule has 3 rings (SSSR count). The Hall–Kier alpha value is -0.0400. The molecule has 3 saturated carbocycles. The molecule has 0 aromatic heterocycles. The SMILES string of the molecule is CC1(O)CC[C@@H]2C[C@H]1C2(C)C. The van der Waals surface area contributed by atoms with E-state index in [1.165, 1.54) is 12.8 Å². The van der Waals surface area contributed by atoms with Gasteiger partial charge in [-0.1, -0.05) is 13.8 Å². The van der Waals surface area contributed by atoms with Crippen molar-refractivity contribution >= 4 is 0 Å². The van der Waals surface area contributed by atoms with Crippen molar-refractivity contribution in [1.29, 1.82) is 0 Å². The van der Waals surface area contributed by atoms with E-state index in [0.717, 1.165) is 12.3 Å². The van der Waals surface area contributed by atoms with Gasteiger partial charge in [-0.05, 0) is 43.4 Å². The third-order valence-corrected chi connectivity index (χ3v) is 4.22. The fourth-order valence-corrected chi connectivity index (χ4v) is 3.20. The van der Waals surface area contributed by atoms with Crippen molar-refractivity contribution in [2.75, 3.05) is 0 Å². The van der Waals surface area contributed by atoms with Gasteiger partial charge in [-0.2, -0.15) is 0 Å². The lowest BCUT2D eigenvalue weighted by atomic mass is 9.44. The van der Waals surface area contributed by atoms with Gasteiger partial charge >= 0.3 is 0 Å². The first kappa shape index (κ1) is 7.60. The van der Waals surface area contributed by atoms with Crippen molar-refractivity contribution in [3.05, 3.63) is 0 Å². The van der Waals surface area contributed by atoms with Crippen LogP contribution in [-0.2, 0) is 0 Å². The predicted octanol–water partition coefficient (Wildman–Crippen LogP) is 2.19. The molecule has 0 aromatic rings. The highest BCUT2D eigenvalue weighted by Crippen LogP contribution is 2.62. The molecular formula is C10H18O. The molecule has 0 saturated heterocycles. The molecule has 3 aliphatic carbocycles. The van der Waals surface area contributed by atoms with E-state index in [9.17, 15) is 5.11 Å². The molecule has 3 atom stereocenters. The van der Waals surface area contributed by atoms with Crippen LogP contribution in [0.15, 0.2) is 0 Å². The van der Waals surface area contributed by atoms with Gasteiger partial charge in [0.15, 0.2) is 0 Å². The fourth-order valence-electron chi connectivity index (χ4n) is 3.20. The van der Waals surface area contributed by atoms with E-state index in [1.54, 1.807) is 0 Å². The summed E-state index contributed by atoms with van der Waals surface area (Å²) >= 11 is 0. The summed E-state index contributed by atoms with van der Waals surface area (Å²) in [6, 6.07) is 0. The second-order valence-corrected chi connectivity index (χ2v) is 5.20. The minimum absolute atomic E-state index is 0.363. The molecule has 3 fully saturated rings. The zero-order valence-electron chi connectivity index (χ0n) is 7.72. The second-order valence-electron chi connectivity index (χ2n) is 5.20. The number of hydrogen-bond donors (Lipinski definition) is 1. The Morgan fingerprint density at radius 2 is 1.91 bits per heavy atom. The number of rotatable bonds is 0. The molecule has 0 spiro atoms. The van der Waals surface area contributed by atoms with E-state index in [4.69, 9.17) is 0 Å². The standard InChI is InChI=1S/C10H18O/c1-9(2)7-4-5-10(3,11)8(9)6-7/h7-8,11H,4-6H2,1-3H3/t7-,8+,10?/m1/s1. The summed E-state index contributed by atoms with van der Waals surface area (Å²) in [5.74, 6) is 1.46. The number of fused-ring (bicyclic) bond motifs is 2. The van der Waals surface area contributed by atoms with E-state index in [0.29, 0.717) is 11.3 Å². The van der Waals surface area contributed by atoms with Gasteiger partial charge in [-0.25, -0.2) is 0 Å². The van der Waals surface area contributed by atoms with Crippen LogP contribution in [-0.4, -0.2) is 10.7 Å². The minimum Gasteiger partial charge on any atom is -0.390 e. The Bertz CT molecular complexity index is 171. The topological polar surface area (TPSA) is 20.2 Å². The van der Waals surface area contributed by atoms with Crippen LogP contribution in [0, 0.1) is 17.3 Å². The van der Waals surface area contributed by atoms with Gasteiger partial charge in [-0.3, -0.25) is 0 Å². The highest BCUT2D eigenvalue weighted by molar-refractivity contribution is 5.08. The van der Waals surface area contributed by atoms with E-state index < -0.39 is 0 Å². The van der Waals surface area contributed by atoms with Crippen LogP contribution in [0.4, 0.5) is 0 Å². The number of aliphatic hydroxyl groups is 1. The monoisotopic (exact) mass is 154 g/mol. The van der Waals surface area contributed by atoms with Crippen molar-refractivity contribution in [2.45, 2.75) is 45.6 Å². The lowest BCUT2D eigenvalue weighted by Gasteiger charge is -2.62. The first-order valence-electron chi connectivity index (χ1n) is 4.67. The van der Waals surface area contributed by atoms with Crippen molar-refractivity contribution in [2.24, 2.45) is 17.3 Å². The first-order chi connectivity index (χ1) is 4.94. The van der Waals surface area contributed by atoms with Gasteiger partial charge in [0.1, 0.15) is 0 Å². The zero-order valence-corrected chi connectivity index (χ0v) is 7.72. The summed E-state index contributed by atoms with van der Waals surface area (Å²) in [5.41, 5.74) is 0.0556. The van der Waals surface area contributed by atoms with Crippen LogP contribution < -0.4 is 0 Å². The van der Waals surface area contributed by atoms with Gasteiger partial charge in [0.25, 0.3) is 0 Å². The first-order valence-corrected chi connectivity index (χ1v) is 4.67. The van der Waals surface area contributed by atoms with E-state index >= 15 is 0 Å². The average molecular weight is 154 g/mol. The van der Waals surface area contributed by atoms with Crippen LogP contribution in [0.2, 0.25) is 0 Å².